The molecule has 1 saturated heterocycles. The Hall–Kier alpha value is -2.38. The molecule has 2 rings (SSSR count). The Balaban J connectivity index is 2.04. The number of likely N-dealkylation sites (tertiary alicyclic amines) is 1. The van der Waals surface area contributed by atoms with E-state index in [4.69, 9.17) is 0 Å². The van der Waals surface area contributed by atoms with Crippen molar-refractivity contribution in [3.05, 3.63) is 36.2 Å². The van der Waals surface area contributed by atoms with Crippen molar-refractivity contribution in [2.45, 2.75) is 32.0 Å². The van der Waals surface area contributed by atoms with Gasteiger partial charge in [-0.05, 0) is 31.4 Å². The first-order valence-corrected chi connectivity index (χ1v) is 7.06. The molecule has 0 aromatic carbocycles. The molecule has 23 heavy (non-hydrogen) atoms. The fourth-order valence-corrected chi connectivity index (χ4v) is 2.32. The third-order valence-electron chi connectivity index (χ3n) is 3.54. The number of aryl methyl sites for hydroxylation is 1. The first kappa shape index (κ1) is 17.0. The van der Waals surface area contributed by atoms with Crippen molar-refractivity contribution < 1.29 is 22.8 Å². The minimum Gasteiger partial charge on any atom is -0.365 e. The van der Waals surface area contributed by atoms with E-state index in [1.165, 1.54) is 11.1 Å². The molecule has 8 heteroatoms. The maximum absolute atomic E-state index is 12.3. The molecule has 1 atom stereocenters. The molecule has 0 spiro atoms. The van der Waals surface area contributed by atoms with Crippen LogP contribution in [0.15, 0.2) is 30.6 Å². The fourth-order valence-electron chi connectivity index (χ4n) is 2.32. The molecule has 0 saturated carbocycles. The molecule has 1 N–H and O–H groups in total. The number of carbonyl (C=O) groups is 2. The van der Waals surface area contributed by atoms with Gasteiger partial charge in [0.1, 0.15) is 11.9 Å². The van der Waals surface area contributed by atoms with Gasteiger partial charge in [-0.25, -0.2) is 4.98 Å². The van der Waals surface area contributed by atoms with Gasteiger partial charge in [0.05, 0.1) is 0 Å². The number of alkyl halides is 3. The number of nitrogens with one attached hydrogen (secondary N) is 1. The Morgan fingerprint density at radius 2 is 2.17 bits per heavy atom. The van der Waals surface area contributed by atoms with E-state index >= 15 is 0 Å². The van der Waals surface area contributed by atoms with Crippen molar-refractivity contribution in [3.8, 4) is 0 Å². The fraction of sp³-hybridized carbons (Fsp3) is 0.400. The van der Waals surface area contributed by atoms with Crippen LogP contribution in [0.3, 0.4) is 0 Å². The van der Waals surface area contributed by atoms with Gasteiger partial charge in [0, 0.05) is 25.0 Å². The summed E-state index contributed by atoms with van der Waals surface area (Å²) in [5.74, 6) is -1.88. The zero-order chi connectivity index (χ0) is 17.0. The number of rotatable bonds is 4. The van der Waals surface area contributed by atoms with Crippen LogP contribution in [0.5, 0.6) is 0 Å². The lowest BCUT2D eigenvalue weighted by Gasteiger charge is -2.22. The van der Waals surface area contributed by atoms with Crippen LogP contribution in [0, 0.1) is 6.92 Å². The zero-order valence-electron chi connectivity index (χ0n) is 12.4. The first-order valence-electron chi connectivity index (χ1n) is 7.06. The second kappa shape index (κ2) is 6.80. The van der Waals surface area contributed by atoms with Gasteiger partial charge in [-0.15, -0.1) is 0 Å². The van der Waals surface area contributed by atoms with Gasteiger partial charge in [0.2, 0.25) is 5.91 Å². The van der Waals surface area contributed by atoms with E-state index in [0.29, 0.717) is 31.3 Å². The van der Waals surface area contributed by atoms with Gasteiger partial charge in [0.25, 0.3) is 5.78 Å². The van der Waals surface area contributed by atoms with Crippen LogP contribution in [0.4, 0.5) is 19.0 Å². The predicted molar refractivity (Wildman–Crippen MR) is 77.5 cm³/mol. The van der Waals surface area contributed by atoms with Crippen LogP contribution < -0.4 is 5.32 Å². The van der Waals surface area contributed by atoms with Gasteiger partial charge in [0.15, 0.2) is 0 Å². The maximum Gasteiger partial charge on any atom is 0.454 e. The molecule has 1 aromatic rings. The van der Waals surface area contributed by atoms with Crippen molar-refractivity contribution in [1.82, 2.24) is 9.88 Å². The second-order valence-corrected chi connectivity index (χ2v) is 5.23. The number of nitrogens with zero attached hydrogens (tertiary/aromatic N) is 2. The number of hydrogen-bond donors (Lipinski definition) is 1. The van der Waals surface area contributed by atoms with E-state index in [1.807, 2.05) is 0 Å². The lowest BCUT2D eigenvalue weighted by Crippen LogP contribution is -2.37. The van der Waals surface area contributed by atoms with Crippen molar-refractivity contribution in [2.24, 2.45) is 0 Å². The molecule has 124 valence electrons. The standard InChI is InChI=1S/C15H16F3N3O2/c1-10-4-2-7-19-13(10)20-14(23)11-5-3-8-21(11)9-6-12(22)15(16,17)18/h2,4,6-7,9,11H,3,5,8H2,1H3,(H,19,20,23). The number of pyridine rings is 1. The Morgan fingerprint density at radius 3 is 2.83 bits per heavy atom. The summed E-state index contributed by atoms with van der Waals surface area (Å²) < 4.78 is 36.6. The van der Waals surface area contributed by atoms with E-state index in [-0.39, 0.29) is 5.91 Å². The number of anilines is 1. The Morgan fingerprint density at radius 1 is 1.43 bits per heavy atom. The molecule has 1 aliphatic rings. The third kappa shape index (κ3) is 4.30. The Bertz CT molecular complexity index is 629. The number of carbonyl (C=O) groups excluding carboxylic acids is 2. The number of amides is 1. The van der Waals surface area contributed by atoms with E-state index in [0.717, 1.165) is 11.8 Å². The molecule has 1 aromatic heterocycles. The van der Waals surface area contributed by atoms with Crippen LogP contribution in [-0.4, -0.2) is 40.3 Å². The third-order valence-corrected chi connectivity index (χ3v) is 3.54. The molecule has 5 nitrogen and oxygen atoms in total. The van der Waals surface area contributed by atoms with Crippen LogP contribution in [-0.2, 0) is 9.59 Å². The molecule has 2 heterocycles. The van der Waals surface area contributed by atoms with E-state index in [1.54, 1.807) is 19.1 Å². The highest BCUT2D eigenvalue weighted by atomic mass is 19.4. The van der Waals surface area contributed by atoms with Crippen LogP contribution in [0.25, 0.3) is 0 Å². The van der Waals surface area contributed by atoms with Gasteiger partial charge in [-0.2, -0.15) is 13.2 Å². The highest BCUT2D eigenvalue weighted by molar-refractivity contribution is 5.96. The highest BCUT2D eigenvalue weighted by Crippen LogP contribution is 2.21. The normalized spacial score (nSPS) is 18.4. The molecular weight excluding hydrogens is 311 g/mol. The average molecular weight is 327 g/mol. The van der Waals surface area contributed by atoms with E-state index in [9.17, 15) is 22.8 Å². The topological polar surface area (TPSA) is 62.3 Å². The van der Waals surface area contributed by atoms with Crippen molar-refractivity contribution >= 4 is 17.5 Å². The summed E-state index contributed by atoms with van der Waals surface area (Å²) in [6, 6.07) is 2.91. The molecule has 1 unspecified atom stereocenters. The summed E-state index contributed by atoms with van der Waals surface area (Å²) in [5, 5.41) is 2.67. The second-order valence-electron chi connectivity index (χ2n) is 5.23. The molecule has 1 aliphatic heterocycles. The summed E-state index contributed by atoms with van der Waals surface area (Å²) in [6.45, 7) is 2.21. The molecule has 0 aliphatic carbocycles. The average Bonchev–Trinajstić information content (AvgIpc) is 2.94. The number of halogens is 3. The number of aromatic nitrogens is 1. The summed E-state index contributed by atoms with van der Waals surface area (Å²) in [4.78, 5) is 28.7. The van der Waals surface area contributed by atoms with Crippen molar-refractivity contribution in [3.63, 3.8) is 0 Å². The van der Waals surface area contributed by atoms with E-state index < -0.39 is 18.0 Å². The summed E-state index contributed by atoms with van der Waals surface area (Å²) in [6.07, 6.45) is -0.710. The quantitative estimate of drug-likeness (QED) is 0.863. The number of hydrogen-bond acceptors (Lipinski definition) is 4. The van der Waals surface area contributed by atoms with Crippen LogP contribution in [0.2, 0.25) is 0 Å². The molecule has 0 radical (unpaired) electrons. The highest BCUT2D eigenvalue weighted by Gasteiger charge is 2.37. The minimum atomic E-state index is -4.90. The monoisotopic (exact) mass is 327 g/mol. The number of ketones is 1. The molecule has 0 bridgehead atoms. The van der Waals surface area contributed by atoms with Crippen molar-refractivity contribution in [1.29, 1.82) is 0 Å². The van der Waals surface area contributed by atoms with Crippen molar-refractivity contribution in [2.75, 3.05) is 11.9 Å². The lowest BCUT2D eigenvalue weighted by molar-refractivity contribution is -0.165. The Labute approximate surface area is 131 Å². The van der Waals surface area contributed by atoms with Crippen LogP contribution in [0.1, 0.15) is 18.4 Å². The smallest absolute Gasteiger partial charge is 0.365 e. The summed E-state index contributed by atoms with van der Waals surface area (Å²) in [5.41, 5.74) is 0.785. The summed E-state index contributed by atoms with van der Waals surface area (Å²) in [7, 11) is 0. The predicted octanol–water partition coefficient (Wildman–Crippen LogP) is 2.44. The largest absolute Gasteiger partial charge is 0.454 e. The van der Waals surface area contributed by atoms with Gasteiger partial charge >= 0.3 is 6.18 Å². The lowest BCUT2D eigenvalue weighted by atomic mass is 10.2. The Kier molecular flexibility index (Phi) is 5.02. The number of allylic oxidation sites excluding steroid dienone is 1. The zero-order valence-corrected chi connectivity index (χ0v) is 12.4. The first-order chi connectivity index (χ1) is 10.8. The maximum atomic E-state index is 12.3. The van der Waals surface area contributed by atoms with E-state index in [2.05, 4.69) is 10.3 Å². The molecule has 1 fully saturated rings. The molecular formula is C15H16F3N3O2. The minimum absolute atomic E-state index is 0.353. The SMILES string of the molecule is Cc1cccnc1NC(=O)C1CCCN1C=CC(=O)C(F)(F)F. The van der Waals surface area contributed by atoms with Crippen LogP contribution >= 0.6 is 0 Å². The molecule has 1 amide bonds. The summed E-state index contributed by atoms with van der Waals surface area (Å²) >= 11 is 0. The van der Waals surface area contributed by atoms with Gasteiger partial charge in [-0.1, -0.05) is 6.07 Å². The van der Waals surface area contributed by atoms with Gasteiger partial charge in [-0.3, -0.25) is 9.59 Å². The van der Waals surface area contributed by atoms with Gasteiger partial charge < -0.3 is 10.2 Å².